The van der Waals surface area contributed by atoms with Gasteiger partial charge in [0, 0.05) is 18.2 Å². The molecule has 11 heteroatoms. The summed E-state index contributed by atoms with van der Waals surface area (Å²) in [6, 6.07) is 16.8. The minimum absolute atomic E-state index is 0.0765. The summed E-state index contributed by atoms with van der Waals surface area (Å²) in [4.78, 5) is 15.8. The molecular formula is C23H23N3O7S. The van der Waals surface area contributed by atoms with Crippen LogP contribution in [0.4, 0.5) is 4.79 Å². The zero-order chi connectivity index (χ0) is 24.1. The van der Waals surface area contributed by atoms with E-state index in [4.69, 9.17) is 19.4 Å². The molecule has 0 radical (unpaired) electrons. The highest BCUT2D eigenvalue weighted by Gasteiger charge is 2.39. The van der Waals surface area contributed by atoms with Crippen LogP contribution in [0.5, 0.6) is 17.4 Å². The van der Waals surface area contributed by atoms with Crippen molar-refractivity contribution in [1.29, 1.82) is 0 Å². The first-order valence-electron chi connectivity index (χ1n) is 10.5. The van der Waals surface area contributed by atoms with Gasteiger partial charge < -0.3 is 14.2 Å². The van der Waals surface area contributed by atoms with Crippen LogP contribution in [0, 0.1) is 0 Å². The molecule has 0 bridgehead atoms. The molecule has 1 atom stereocenters. The van der Waals surface area contributed by atoms with Gasteiger partial charge in [0.25, 0.3) is 0 Å². The van der Waals surface area contributed by atoms with E-state index in [1.807, 2.05) is 19.1 Å². The molecular weight excluding hydrogens is 462 g/mol. The molecule has 1 aliphatic rings. The van der Waals surface area contributed by atoms with Crippen molar-refractivity contribution in [2.45, 2.75) is 24.5 Å². The van der Waals surface area contributed by atoms with Crippen LogP contribution in [0.1, 0.15) is 24.3 Å². The van der Waals surface area contributed by atoms with Gasteiger partial charge in [0.2, 0.25) is 15.9 Å². The molecule has 0 saturated carbocycles. The molecule has 2 heterocycles. The molecule has 1 aromatic heterocycles. The number of hydrogen-bond acceptors (Lipinski definition) is 8. The van der Waals surface area contributed by atoms with E-state index in [1.54, 1.807) is 36.4 Å². The summed E-state index contributed by atoms with van der Waals surface area (Å²) < 4.78 is 44.1. The lowest BCUT2D eigenvalue weighted by Crippen LogP contribution is -2.43. The van der Waals surface area contributed by atoms with Crippen LogP contribution in [0.3, 0.4) is 0 Å². The summed E-state index contributed by atoms with van der Waals surface area (Å²) in [5.41, 5.74) is 2.74. The van der Waals surface area contributed by atoms with E-state index < -0.39 is 22.3 Å². The van der Waals surface area contributed by atoms with E-state index in [-0.39, 0.29) is 17.3 Å². The fourth-order valence-electron chi connectivity index (χ4n) is 3.61. The van der Waals surface area contributed by atoms with Crippen LogP contribution < -0.4 is 15.0 Å². The van der Waals surface area contributed by atoms with Gasteiger partial charge in [-0.05, 0) is 49.2 Å². The maximum absolute atomic E-state index is 13.4. The largest absolute Gasteiger partial charge is 0.494 e. The smallest absolute Gasteiger partial charge is 0.432 e. The normalized spacial score (nSPS) is 15.8. The topological polar surface area (TPSA) is 127 Å². The lowest BCUT2D eigenvalue weighted by Gasteiger charge is -2.35. The minimum Gasteiger partial charge on any atom is -0.494 e. The Hall–Kier alpha value is -3.67. The van der Waals surface area contributed by atoms with Crippen molar-refractivity contribution in [1.82, 2.24) is 14.8 Å². The Balaban J connectivity index is 1.56. The molecule has 178 valence electrons. The molecule has 0 spiro atoms. The van der Waals surface area contributed by atoms with Gasteiger partial charge in [-0.2, -0.15) is 4.31 Å². The van der Waals surface area contributed by atoms with Crippen LogP contribution in [-0.2, 0) is 21.2 Å². The second-order valence-electron chi connectivity index (χ2n) is 7.27. The Morgan fingerprint density at radius 3 is 2.53 bits per heavy atom. The monoisotopic (exact) mass is 485 g/mol. The minimum atomic E-state index is -4.10. The fraction of sp³-hybridized carbons (Fsp3) is 0.217. The number of benzene rings is 2. The number of nitrogens with one attached hydrogen (secondary N) is 1. The molecule has 1 amide bonds. The second-order valence-corrected chi connectivity index (χ2v) is 9.16. The van der Waals surface area contributed by atoms with Gasteiger partial charge in [0.15, 0.2) is 6.23 Å². The number of sulfonamides is 1. The zero-order valence-corrected chi connectivity index (χ0v) is 19.1. The van der Waals surface area contributed by atoms with Crippen LogP contribution in [0.2, 0.25) is 0 Å². The molecule has 10 nitrogen and oxygen atoms in total. The van der Waals surface area contributed by atoms with E-state index in [1.165, 1.54) is 23.8 Å². The lowest BCUT2D eigenvalue weighted by molar-refractivity contribution is 0.00235. The summed E-state index contributed by atoms with van der Waals surface area (Å²) in [7, 11) is -4.10. The first-order chi connectivity index (χ1) is 16.4. The molecule has 0 fully saturated rings. The van der Waals surface area contributed by atoms with Gasteiger partial charge in [0.05, 0.1) is 12.8 Å². The number of ether oxygens (including phenoxy) is 3. The predicted molar refractivity (Wildman–Crippen MR) is 120 cm³/mol. The first kappa shape index (κ1) is 23.5. The number of fused-ring (bicyclic) bond motifs is 1. The number of nitrogens with zero attached hydrogens (tertiary/aromatic N) is 2. The van der Waals surface area contributed by atoms with Crippen LogP contribution in [0.25, 0.3) is 0 Å². The van der Waals surface area contributed by atoms with Crippen molar-refractivity contribution in [2.75, 3.05) is 13.2 Å². The number of carbonyl (C=O) groups excluding carboxylic acids is 1. The highest BCUT2D eigenvalue weighted by Crippen LogP contribution is 2.35. The van der Waals surface area contributed by atoms with E-state index in [0.717, 1.165) is 9.87 Å². The Labute approximate surface area is 196 Å². The predicted octanol–water partition coefficient (Wildman–Crippen LogP) is 3.63. The van der Waals surface area contributed by atoms with Crippen LogP contribution in [0.15, 0.2) is 71.8 Å². The van der Waals surface area contributed by atoms with Crippen LogP contribution >= 0.6 is 0 Å². The molecule has 2 aromatic carbocycles. The van der Waals surface area contributed by atoms with Crippen molar-refractivity contribution in [3.8, 4) is 17.4 Å². The number of amides is 1. The highest BCUT2D eigenvalue weighted by atomic mass is 32.2. The van der Waals surface area contributed by atoms with E-state index in [9.17, 15) is 13.2 Å². The lowest BCUT2D eigenvalue weighted by atomic mass is 10.00. The van der Waals surface area contributed by atoms with Crippen LogP contribution in [-0.4, -0.2) is 42.2 Å². The molecule has 2 N–H and O–H groups in total. The third kappa shape index (κ3) is 4.96. The van der Waals surface area contributed by atoms with Crippen molar-refractivity contribution in [3.63, 3.8) is 0 Å². The van der Waals surface area contributed by atoms with Gasteiger partial charge in [-0.25, -0.2) is 23.7 Å². The standard InChI is InChI=1S/C23H23N3O7S/c1-2-31-17-7-9-18(10-8-17)32-21-12-11-19(15-24-21)34(29,30)26-14-13-16-5-3-4-6-20(16)22(26)33-23(27)25-28/h3-12,15,22,28H,2,13-14H2,1H3,(H,25,27)/t22-/m0/s1. The highest BCUT2D eigenvalue weighted by molar-refractivity contribution is 7.89. The number of hydrogen-bond donors (Lipinski definition) is 2. The average Bonchev–Trinajstić information content (AvgIpc) is 2.85. The van der Waals surface area contributed by atoms with Crippen molar-refractivity contribution in [3.05, 3.63) is 78.0 Å². The molecule has 1 aliphatic heterocycles. The molecule has 4 rings (SSSR count). The third-order valence-electron chi connectivity index (χ3n) is 5.17. The Morgan fingerprint density at radius 2 is 1.85 bits per heavy atom. The number of hydroxylamine groups is 1. The number of pyridine rings is 1. The van der Waals surface area contributed by atoms with Gasteiger partial charge in [-0.3, -0.25) is 5.21 Å². The average molecular weight is 486 g/mol. The fourth-order valence-corrected chi connectivity index (χ4v) is 5.05. The van der Waals surface area contributed by atoms with Crippen molar-refractivity contribution >= 4 is 16.1 Å². The Kier molecular flexibility index (Phi) is 6.96. The number of rotatable bonds is 7. The maximum atomic E-state index is 13.4. The summed E-state index contributed by atoms with van der Waals surface area (Å²) in [6.07, 6.45) is -0.799. The van der Waals surface area contributed by atoms with Crippen molar-refractivity contribution in [2.24, 2.45) is 0 Å². The van der Waals surface area contributed by atoms with Gasteiger partial charge in [0.1, 0.15) is 16.4 Å². The third-order valence-corrected chi connectivity index (χ3v) is 7.00. The van der Waals surface area contributed by atoms with E-state index >= 15 is 0 Å². The Morgan fingerprint density at radius 1 is 1.12 bits per heavy atom. The summed E-state index contributed by atoms with van der Waals surface area (Å²) >= 11 is 0. The quantitative estimate of drug-likeness (QED) is 0.384. The summed E-state index contributed by atoms with van der Waals surface area (Å²) in [5, 5.41) is 8.89. The van der Waals surface area contributed by atoms with Gasteiger partial charge in [-0.15, -0.1) is 0 Å². The van der Waals surface area contributed by atoms with Gasteiger partial charge >= 0.3 is 6.09 Å². The first-order valence-corrected chi connectivity index (χ1v) is 11.9. The molecule has 0 aliphatic carbocycles. The summed E-state index contributed by atoms with van der Waals surface area (Å²) in [5.74, 6) is 1.43. The van der Waals surface area contributed by atoms with Crippen molar-refractivity contribution < 1.29 is 32.6 Å². The SMILES string of the molecule is CCOc1ccc(Oc2ccc(S(=O)(=O)N3CCc4ccccc4[C@@H]3OC(=O)NO)cn2)cc1. The van der Waals surface area contributed by atoms with Gasteiger partial charge in [-0.1, -0.05) is 24.3 Å². The molecule has 34 heavy (non-hydrogen) atoms. The number of carbonyl (C=O) groups is 1. The molecule has 0 unspecified atom stereocenters. The molecule has 3 aromatic rings. The maximum Gasteiger partial charge on any atom is 0.432 e. The molecule has 0 saturated heterocycles. The second kappa shape index (κ2) is 10.1. The van der Waals surface area contributed by atoms with E-state index in [2.05, 4.69) is 4.98 Å². The zero-order valence-electron chi connectivity index (χ0n) is 18.2. The Bertz CT molecular complexity index is 1250. The summed E-state index contributed by atoms with van der Waals surface area (Å²) in [6.45, 7) is 2.52. The number of aromatic nitrogens is 1. The van der Waals surface area contributed by atoms with E-state index in [0.29, 0.717) is 30.1 Å².